The maximum Gasteiger partial charge on any atom is 0.191 e. The van der Waals surface area contributed by atoms with Gasteiger partial charge in [-0.05, 0) is 43.2 Å². The molecule has 4 nitrogen and oxygen atoms in total. The fourth-order valence-electron chi connectivity index (χ4n) is 2.69. The zero-order chi connectivity index (χ0) is 15.8. The average Bonchev–Trinajstić information content (AvgIpc) is 3.24. The number of rotatable bonds is 9. The van der Waals surface area contributed by atoms with Crippen LogP contribution in [0.1, 0.15) is 31.6 Å². The Bertz CT molecular complexity index is 445. The van der Waals surface area contributed by atoms with Crippen molar-refractivity contribution in [2.24, 2.45) is 10.9 Å². The van der Waals surface area contributed by atoms with Gasteiger partial charge in [0.15, 0.2) is 5.96 Å². The molecule has 0 saturated heterocycles. The first kappa shape index (κ1) is 20.7. The van der Waals surface area contributed by atoms with Gasteiger partial charge >= 0.3 is 0 Å². The number of halogens is 1. The lowest BCUT2D eigenvalue weighted by Crippen LogP contribution is -2.43. The van der Waals surface area contributed by atoms with Crippen LogP contribution in [-0.2, 0) is 6.42 Å². The van der Waals surface area contributed by atoms with Gasteiger partial charge in [-0.2, -0.15) is 0 Å². The van der Waals surface area contributed by atoms with Crippen molar-refractivity contribution in [3.05, 3.63) is 22.4 Å². The molecule has 1 aromatic heterocycles. The van der Waals surface area contributed by atoms with Gasteiger partial charge in [-0.3, -0.25) is 9.89 Å². The van der Waals surface area contributed by atoms with Crippen LogP contribution in [0.15, 0.2) is 22.5 Å². The molecule has 1 aliphatic carbocycles. The van der Waals surface area contributed by atoms with Crippen LogP contribution in [0, 0.1) is 5.92 Å². The topological polar surface area (TPSA) is 39.7 Å². The molecule has 2 rings (SSSR count). The van der Waals surface area contributed by atoms with Crippen LogP contribution < -0.4 is 10.6 Å². The zero-order valence-corrected chi connectivity index (χ0v) is 17.7. The van der Waals surface area contributed by atoms with E-state index in [1.807, 2.05) is 18.4 Å². The number of nitrogens with zero attached hydrogens (tertiary/aromatic N) is 2. The first-order chi connectivity index (χ1) is 10.7. The lowest BCUT2D eigenvalue weighted by Gasteiger charge is -2.21. The van der Waals surface area contributed by atoms with E-state index in [1.54, 1.807) is 0 Å². The molecular weight excluding hydrogens is 419 g/mol. The lowest BCUT2D eigenvalue weighted by atomic mass is 10.1. The quantitative estimate of drug-likeness (QED) is 0.345. The van der Waals surface area contributed by atoms with Crippen LogP contribution in [0.25, 0.3) is 0 Å². The van der Waals surface area contributed by atoms with Crippen molar-refractivity contribution in [3.8, 4) is 0 Å². The summed E-state index contributed by atoms with van der Waals surface area (Å²) in [6.07, 6.45) is 3.88. The van der Waals surface area contributed by atoms with Crippen molar-refractivity contribution in [2.45, 2.75) is 39.2 Å². The third-order valence-electron chi connectivity index (χ3n) is 4.13. The molecule has 2 N–H and O–H groups in total. The van der Waals surface area contributed by atoms with Crippen LogP contribution in [0.5, 0.6) is 0 Å². The Labute approximate surface area is 162 Å². The molecule has 6 heteroatoms. The van der Waals surface area contributed by atoms with Crippen molar-refractivity contribution >= 4 is 41.3 Å². The molecule has 132 valence electrons. The second-order valence-corrected chi connectivity index (χ2v) is 7.16. The smallest absolute Gasteiger partial charge is 0.191 e. The average molecular weight is 450 g/mol. The van der Waals surface area contributed by atoms with Crippen LogP contribution in [-0.4, -0.2) is 50.1 Å². The normalized spacial score (nSPS) is 16.1. The highest BCUT2D eigenvalue weighted by Gasteiger charge is 2.27. The van der Waals surface area contributed by atoms with Gasteiger partial charge in [0.2, 0.25) is 0 Å². The number of nitrogens with one attached hydrogen (secondary N) is 2. The minimum absolute atomic E-state index is 0. The van der Waals surface area contributed by atoms with Gasteiger partial charge in [-0.15, -0.1) is 35.3 Å². The molecule has 0 aliphatic heterocycles. The van der Waals surface area contributed by atoms with Gasteiger partial charge in [0.25, 0.3) is 0 Å². The second-order valence-electron chi connectivity index (χ2n) is 6.13. The second kappa shape index (κ2) is 11.3. The maximum atomic E-state index is 4.32. The standard InChI is InChI=1S/C17H30N4S.HI/c1-4-21(15-7-8-15)10-9-19-17(18-3)20-13-14(2)12-16-6-5-11-22-16;/h5-6,11,14-15H,4,7-10,12-13H2,1-3H3,(H2,18,19,20);1H. The first-order valence-electron chi connectivity index (χ1n) is 8.43. The van der Waals surface area contributed by atoms with E-state index < -0.39 is 0 Å². The fraction of sp³-hybridized carbons (Fsp3) is 0.706. The van der Waals surface area contributed by atoms with Crippen molar-refractivity contribution < 1.29 is 0 Å². The largest absolute Gasteiger partial charge is 0.356 e. The summed E-state index contributed by atoms with van der Waals surface area (Å²) in [5, 5.41) is 9.02. The molecule has 1 aromatic rings. The predicted molar refractivity (Wildman–Crippen MR) is 112 cm³/mol. The third-order valence-corrected chi connectivity index (χ3v) is 5.03. The number of thiophene rings is 1. The Balaban J connectivity index is 0.00000264. The SMILES string of the molecule is CCN(CCNC(=NC)NCC(C)Cc1cccs1)C1CC1.I. The first-order valence-corrected chi connectivity index (χ1v) is 9.31. The fourth-order valence-corrected chi connectivity index (χ4v) is 3.56. The van der Waals surface area contributed by atoms with Crippen molar-refractivity contribution in [1.29, 1.82) is 0 Å². The maximum absolute atomic E-state index is 4.32. The van der Waals surface area contributed by atoms with E-state index >= 15 is 0 Å². The molecule has 23 heavy (non-hydrogen) atoms. The van der Waals surface area contributed by atoms with Crippen molar-refractivity contribution in [3.63, 3.8) is 0 Å². The van der Waals surface area contributed by atoms with Crippen LogP contribution in [0.4, 0.5) is 0 Å². The summed E-state index contributed by atoms with van der Waals surface area (Å²) in [5.74, 6) is 1.53. The molecule has 0 aromatic carbocycles. The molecule has 1 saturated carbocycles. The van der Waals surface area contributed by atoms with E-state index in [2.05, 4.69) is 51.9 Å². The molecule has 1 atom stereocenters. The van der Waals surface area contributed by atoms with Crippen LogP contribution >= 0.6 is 35.3 Å². The molecule has 0 spiro atoms. The minimum Gasteiger partial charge on any atom is -0.356 e. The molecule has 0 radical (unpaired) electrons. The number of likely N-dealkylation sites (N-methyl/N-ethyl adjacent to an activating group) is 1. The number of hydrogen-bond donors (Lipinski definition) is 2. The summed E-state index contributed by atoms with van der Waals surface area (Å²) in [7, 11) is 1.84. The minimum atomic E-state index is 0. The summed E-state index contributed by atoms with van der Waals surface area (Å²) in [6.45, 7) is 8.70. The van der Waals surface area contributed by atoms with Gasteiger partial charge in [0.05, 0.1) is 0 Å². The molecule has 1 heterocycles. The Morgan fingerprint density at radius 2 is 2.22 bits per heavy atom. The third kappa shape index (κ3) is 7.85. The van der Waals surface area contributed by atoms with Gasteiger partial charge < -0.3 is 10.6 Å². The predicted octanol–water partition coefficient (Wildman–Crippen LogP) is 3.19. The molecule has 0 amide bonds. The molecule has 1 fully saturated rings. The lowest BCUT2D eigenvalue weighted by molar-refractivity contribution is 0.282. The van der Waals surface area contributed by atoms with E-state index in [0.717, 1.165) is 44.6 Å². The summed E-state index contributed by atoms with van der Waals surface area (Å²) < 4.78 is 0. The van der Waals surface area contributed by atoms with E-state index in [4.69, 9.17) is 0 Å². The molecular formula is C17H31IN4S. The zero-order valence-electron chi connectivity index (χ0n) is 14.5. The molecule has 0 bridgehead atoms. The van der Waals surface area contributed by atoms with E-state index in [-0.39, 0.29) is 24.0 Å². The monoisotopic (exact) mass is 450 g/mol. The number of guanidine groups is 1. The number of hydrogen-bond acceptors (Lipinski definition) is 3. The summed E-state index contributed by atoms with van der Waals surface area (Å²) in [4.78, 5) is 8.33. The van der Waals surface area contributed by atoms with Gasteiger partial charge in [0.1, 0.15) is 0 Å². The summed E-state index contributed by atoms with van der Waals surface area (Å²) in [5.41, 5.74) is 0. The van der Waals surface area contributed by atoms with Crippen LogP contribution in [0.2, 0.25) is 0 Å². The van der Waals surface area contributed by atoms with Crippen molar-refractivity contribution in [1.82, 2.24) is 15.5 Å². The van der Waals surface area contributed by atoms with Gasteiger partial charge in [-0.1, -0.05) is 19.9 Å². The molecule has 1 aliphatic rings. The Morgan fingerprint density at radius 3 is 2.78 bits per heavy atom. The van der Waals surface area contributed by atoms with Crippen molar-refractivity contribution in [2.75, 3.05) is 33.2 Å². The Kier molecular flexibility index (Phi) is 10.1. The Morgan fingerprint density at radius 1 is 1.43 bits per heavy atom. The highest BCUT2D eigenvalue weighted by molar-refractivity contribution is 14.0. The van der Waals surface area contributed by atoms with Gasteiger partial charge in [0, 0.05) is 37.6 Å². The van der Waals surface area contributed by atoms with E-state index in [0.29, 0.717) is 5.92 Å². The Hall–Kier alpha value is -0.340. The van der Waals surface area contributed by atoms with Crippen LogP contribution in [0.3, 0.4) is 0 Å². The summed E-state index contributed by atoms with van der Waals surface area (Å²) >= 11 is 1.84. The van der Waals surface area contributed by atoms with Gasteiger partial charge in [-0.25, -0.2) is 0 Å². The highest BCUT2D eigenvalue weighted by Crippen LogP contribution is 2.25. The summed E-state index contributed by atoms with van der Waals surface area (Å²) in [6, 6.07) is 5.18. The highest BCUT2D eigenvalue weighted by atomic mass is 127. The van der Waals surface area contributed by atoms with E-state index in [9.17, 15) is 0 Å². The number of aliphatic imine (C=N–C) groups is 1. The molecule has 1 unspecified atom stereocenters. The van der Waals surface area contributed by atoms with E-state index in [1.165, 1.54) is 17.7 Å².